The number of hydrogen-bond acceptors (Lipinski definition) is 4. The van der Waals surface area contributed by atoms with E-state index in [4.69, 9.17) is 21.8 Å². The fourth-order valence-electron chi connectivity index (χ4n) is 0.941. The largest absolute Gasteiger partial charge is 0.502 e. The van der Waals surface area contributed by atoms with Gasteiger partial charge in [-0.3, -0.25) is 0 Å². The minimum Gasteiger partial charge on any atom is -0.502 e. The number of carboxylic acid groups (broad SMARTS) is 1. The van der Waals surface area contributed by atoms with Gasteiger partial charge in [-0.05, 0) is 24.3 Å². The standard InChI is InChI=1S/C10H6ClF3N2O3/c11-5-1-3-6(4-2-5)15-16-7(9(18)19)8(17)10(12,13)14/h1-4,17H,(H,18,19). The van der Waals surface area contributed by atoms with Crippen LogP contribution in [0, 0.1) is 0 Å². The molecule has 0 fully saturated rings. The second-order valence-electron chi connectivity index (χ2n) is 3.18. The van der Waals surface area contributed by atoms with Crippen LogP contribution in [0.5, 0.6) is 0 Å². The molecule has 1 aromatic carbocycles. The van der Waals surface area contributed by atoms with Crippen LogP contribution in [0.15, 0.2) is 46.0 Å². The van der Waals surface area contributed by atoms with Crippen molar-refractivity contribution in [3.63, 3.8) is 0 Å². The Kier molecular flexibility index (Phi) is 4.49. The van der Waals surface area contributed by atoms with Gasteiger partial charge >= 0.3 is 12.1 Å². The minimum atomic E-state index is -5.22. The van der Waals surface area contributed by atoms with Crippen LogP contribution in [-0.2, 0) is 4.79 Å². The minimum absolute atomic E-state index is 0.0816. The predicted octanol–water partition coefficient (Wildman–Crippen LogP) is 3.84. The summed E-state index contributed by atoms with van der Waals surface area (Å²) >= 11 is 5.57. The molecule has 0 amide bonds. The van der Waals surface area contributed by atoms with Crippen molar-refractivity contribution < 1.29 is 28.2 Å². The van der Waals surface area contributed by atoms with Crippen molar-refractivity contribution in [2.45, 2.75) is 6.18 Å². The van der Waals surface area contributed by atoms with Crippen molar-refractivity contribution in [3.8, 4) is 0 Å². The first-order valence-corrected chi connectivity index (χ1v) is 5.00. The van der Waals surface area contributed by atoms with E-state index in [2.05, 4.69) is 10.2 Å². The van der Waals surface area contributed by atoms with Gasteiger partial charge in [0.25, 0.3) is 0 Å². The molecule has 0 saturated carbocycles. The number of allylic oxidation sites excluding steroid dienone is 1. The molecule has 0 saturated heterocycles. The molecule has 0 heterocycles. The Morgan fingerprint density at radius 1 is 1.16 bits per heavy atom. The fourth-order valence-corrected chi connectivity index (χ4v) is 1.07. The summed E-state index contributed by atoms with van der Waals surface area (Å²) in [6, 6.07) is 5.42. The number of nitrogens with zero attached hydrogens (tertiary/aromatic N) is 2. The second kappa shape index (κ2) is 5.70. The van der Waals surface area contributed by atoms with Crippen LogP contribution in [0.2, 0.25) is 5.02 Å². The van der Waals surface area contributed by atoms with Gasteiger partial charge in [0.1, 0.15) is 0 Å². The second-order valence-corrected chi connectivity index (χ2v) is 3.61. The van der Waals surface area contributed by atoms with E-state index < -0.39 is 23.6 Å². The third kappa shape index (κ3) is 4.25. The van der Waals surface area contributed by atoms with Gasteiger partial charge in [-0.25, -0.2) is 4.79 Å². The van der Waals surface area contributed by atoms with E-state index in [-0.39, 0.29) is 5.69 Å². The molecule has 2 N–H and O–H groups in total. The zero-order valence-electron chi connectivity index (χ0n) is 9.02. The number of rotatable bonds is 3. The van der Waals surface area contributed by atoms with Crippen molar-refractivity contribution in [1.29, 1.82) is 0 Å². The zero-order chi connectivity index (χ0) is 14.6. The Morgan fingerprint density at radius 3 is 2.11 bits per heavy atom. The van der Waals surface area contributed by atoms with Crippen LogP contribution in [0.1, 0.15) is 0 Å². The summed E-state index contributed by atoms with van der Waals surface area (Å²) in [6.45, 7) is 0. The third-order valence-corrected chi connectivity index (χ3v) is 2.04. The zero-order valence-corrected chi connectivity index (χ0v) is 9.77. The molecule has 1 rings (SSSR count). The summed E-state index contributed by atoms with van der Waals surface area (Å²) in [5.41, 5.74) is -1.51. The first kappa shape index (κ1) is 15.0. The highest BCUT2D eigenvalue weighted by atomic mass is 35.5. The quantitative estimate of drug-likeness (QED) is 0.505. The van der Waals surface area contributed by atoms with Crippen molar-refractivity contribution in [3.05, 3.63) is 40.7 Å². The first-order valence-electron chi connectivity index (χ1n) is 4.63. The van der Waals surface area contributed by atoms with E-state index in [0.717, 1.165) is 0 Å². The van der Waals surface area contributed by atoms with Crippen LogP contribution in [0.3, 0.4) is 0 Å². The molecule has 0 unspecified atom stereocenters. The normalized spacial score (nSPS) is 13.5. The van der Waals surface area contributed by atoms with Gasteiger partial charge in [-0.2, -0.15) is 18.3 Å². The summed E-state index contributed by atoms with van der Waals surface area (Å²) in [7, 11) is 0. The molecule has 0 radical (unpaired) electrons. The number of carbonyl (C=O) groups is 1. The number of aliphatic hydroxyl groups is 1. The summed E-state index contributed by atoms with van der Waals surface area (Å²) in [5, 5.41) is 23.8. The molecule has 0 aliphatic heterocycles. The maximum Gasteiger partial charge on any atom is 0.451 e. The highest BCUT2D eigenvalue weighted by Gasteiger charge is 2.39. The highest BCUT2D eigenvalue weighted by molar-refractivity contribution is 6.30. The maximum atomic E-state index is 12.1. The number of carboxylic acids is 1. The molecular weight excluding hydrogens is 289 g/mol. The lowest BCUT2D eigenvalue weighted by molar-refractivity contribution is -0.138. The van der Waals surface area contributed by atoms with Crippen LogP contribution >= 0.6 is 11.6 Å². The summed E-state index contributed by atoms with van der Waals surface area (Å²) in [4.78, 5) is 10.6. The van der Waals surface area contributed by atoms with Crippen LogP contribution in [-0.4, -0.2) is 22.4 Å². The number of halogens is 4. The van der Waals surface area contributed by atoms with Gasteiger partial charge in [-0.15, -0.1) is 5.11 Å². The van der Waals surface area contributed by atoms with E-state index in [1.807, 2.05) is 0 Å². The fraction of sp³-hybridized carbons (Fsp3) is 0.100. The lowest BCUT2D eigenvalue weighted by Gasteiger charge is -2.05. The van der Waals surface area contributed by atoms with Gasteiger partial charge < -0.3 is 10.2 Å². The average molecular weight is 295 g/mol. The van der Waals surface area contributed by atoms with E-state index in [1.165, 1.54) is 24.3 Å². The van der Waals surface area contributed by atoms with Crippen LogP contribution < -0.4 is 0 Å². The molecule has 102 valence electrons. The Balaban J connectivity index is 3.11. The van der Waals surface area contributed by atoms with Gasteiger partial charge in [0.15, 0.2) is 0 Å². The molecule has 5 nitrogen and oxygen atoms in total. The molecule has 1 aromatic rings. The molecule has 0 aromatic heterocycles. The van der Waals surface area contributed by atoms with E-state index in [0.29, 0.717) is 5.02 Å². The molecule has 0 aliphatic rings. The molecule has 0 bridgehead atoms. The Labute approximate surface area is 109 Å². The van der Waals surface area contributed by atoms with Crippen molar-refractivity contribution in [2.75, 3.05) is 0 Å². The van der Waals surface area contributed by atoms with Crippen LogP contribution in [0.25, 0.3) is 0 Å². The van der Waals surface area contributed by atoms with E-state index >= 15 is 0 Å². The van der Waals surface area contributed by atoms with Crippen molar-refractivity contribution >= 4 is 23.3 Å². The molecule has 0 atom stereocenters. The molecule has 9 heteroatoms. The van der Waals surface area contributed by atoms with Crippen molar-refractivity contribution in [1.82, 2.24) is 0 Å². The van der Waals surface area contributed by atoms with Gasteiger partial charge in [0.05, 0.1) is 5.69 Å². The van der Waals surface area contributed by atoms with Gasteiger partial charge in [-0.1, -0.05) is 11.6 Å². The lowest BCUT2D eigenvalue weighted by atomic mass is 10.3. The number of hydrogen-bond donors (Lipinski definition) is 2. The number of azo groups is 1. The molecule has 0 spiro atoms. The average Bonchev–Trinajstić information content (AvgIpc) is 2.30. The Morgan fingerprint density at radius 2 is 1.68 bits per heavy atom. The molecule has 19 heavy (non-hydrogen) atoms. The molecular formula is C10H6ClF3N2O3. The SMILES string of the molecule is O=C(O)C(N=Nc1ccc(Cl)cc1)=C(O)C(F)(F)F. The summed E-state index contributed by atoms with van der Waals surface area (Å²) in [6.07, 6.45) is -5.22. The van der Waals surface area contributed by atoms with Gasteiger partial charge in [0, 0.05) is 5.02 Å². The van der Waals surface area contributed by atoms with Crippen molar-refractivity contribution in [2.24, 2.45) is 10.2 Å². The lowest BCUT2D eigenvalue weighted by Crippen LogP contribution is -2.16. The number of aliphatic carboxylic acids is 1. The Bertz CT molecular complexity index is 538. The van der Waals surface area contributed by atoms with E-state index in [9.17, 15) is 18.0 Å². The summed E-state index contributed by atoms with van der Waals surface area (Å²) < 4.78 is 36.4. The Hall–Kier alpha value is -2.09. The monoisotopic (exact) mass is 294 g/mol. The third-order valence-electron chi connectivity index (χ3n) is 1.79. The first-order chi connectivity index (χ1) is 8.71. The van der Waals surface area contributed by atoms with Gasteiger partial charge in [0.2, 0.25) is 11.5 Å². The number of aliphatic hydroxyl groups excluding tert-OH is 1. The van der Waals surface area contributed by atoms with Crippen LogP contribution in [0.4, 0.5) is 18.9 Å². The predicted molar refractivity (Wildman–Crippen MR) is 59.3 cm³/mol. The highest BCUT2D eigenvalue weighted by Crippen LogP contribution is 2.27. The molecule has 0 aliphatic carbocycles. The maximum absolute atomic E-state index is 12.1. The topological polar surface area (TPSA) is 82.2 Å². The summed E-state index contributed by atoms with van der Waals surface area (Å²) in [5.74, 6) is -4.37. The number of alkyl halides is 3. The number of benzene rings is 1. The smallest absolute Gasteiger partial charge is 0.451 e. The van der Waals surface area contributed by atoms with E-state index in [1.54, 1.807) is 0 Å².